The van der Waals surface area contributed by atoms with Crippen molar-refractivity contribution in [2.45, 2.75) is 26.8 Å². The smallest absolute Gasteiger partial charge is 0.0407 e. The second kappa shape index (κ2) is 5.57. The molecule has 1 atom stereocenters. The van der Waals surface area contributed by atoms with Gasteiger partial charge in [0.05, 0.1) is 0 Å². The van der Waals surface area contributed by atoms with Gasteiger partial charge in [-0.05, 0) is 53.1 Å². The molecule has 1 saturated heterocycles. The monoisotopic (exact) mass is 344 g/mol. The Morgan fingerprint density at radius 3 is 2.88 bits per heavy atom. The molecule has 1 aromatic rings. The molecule has 2 nitrogen and oxygen atoms in total. The van der Waals surface area contributed by atoms with Gasteiger partial charge in [-0.15, -0.1) is 0 Å². The second-order valence-corrected chi connectivity index (χ2v) is 6.30. The molecule has 3 heteroatoms. The molecule has 1 aromatic carbocycles. The maximum Gasteiger partial charge on any atom is 0.0407 e. The van der Waals surface area contributed by atoms with Gasteiger partial charge in [0.1, 0.15) is 0 Å². The van der Waals surface area contributed by atoms with E-state index < -0.39 is 0 Å². The molecule has 0 spiro atoms. The molecule has 1 fully saturated rings. The van der Waals surface area contributed by atoms with Crippen LogP contribution in [0.4, 0.5) is 5.69 Å². The number of nitrogens with one attached hydrogen (secondary N) is 1. The molecule has 0 amide bonds. The zero-order valence-electron chi connectivity index (χ0n) is 10.8. The Morgan fingerprint density at radius 1 is 1.41 bits per heavy atom. The maximum absolute atomic E-state index is 3.61. The van der Waals surface area contributed by atoms with Crippen molar-refractivity contribution < 1.29 is 0 Å². The Labute approximate surface area is 118 Å². The van der Waals surface area contributed by atoms with Crippen LogP contribution in [0.5, 0.6) is 0 Å². The van der Waals surface area contributed by atoms with Crippen LogP contribution in [0, 0.1) is 16.4 Å². The van der Waals surface area contributed by atoms with Crippen LogP contribution in [-0.4, -0.2) is 25.7 Å². The maximum atomic E-state index is 3.61. The average molecular weight is 344 g/mol. The molecule has 0 bridgehead atoms. The number of hydrogen-bond donors (Lipinski definition) is 1. The van der Waals surface area contributed by atoms with E-state index in [0.717, 1.165) is 19.6 Å². The molecule has 1 aliphatic heterocycles. The fourth-order valence-electron chi connectivity index (χ4n) is 2.38. The van der Waals surface area contributed by atoms with Crippen molar-refractivity contribution in [3.8, 4) is 0 Å². The van der Waals surface area contributed by atoms with E-state index in [0.29, 0.717) is 12.0 Å². The normalized spacial score (nSPS) is 21.0. The Bertz CT molecular complexity index is 390. The minimum atomic E-state index is 0.612. The minimum absolute atomic E-state index is 0.612. The van der Waals surface area contributed by atoms with E-state index >= 15 is 0 Å². The SMILES string of the molecule is Cc1c(I)cccc1N1CCNC(C(C)C)C1. The lowest BCUT2D eigenvalue weighted by atomic mass is 10.0. The van der Waals surface area contributed by atoms with Crippen molar-refractivity contribution in [3.05, 3.63) is 27.3 Å². The average Bonchev–Trinajstić information content (AvgIpc) is 2.33. The van der Waals surface area contributed by atoms with Crippen molar-refractivity contribution in [1.82, 2.24) is 5.32 Å². The molecule has 1 N–H and O–H groups in total. The van der Waals surface area contributed by atoms with Crippen molar-refractivity contribution in [2.75, 3.05) is 24.5 Å². The number of halogens is 1. The zero-order chi connectivity index (χ0) is 12.4. The van der Waals surface area contributed by atoms with Gasteiger partial charge in [0.25, 0.3) is 0 Å². The van der Waals surface area contributed by atoms with Crippen LogP contribution in [0.3, 0.4) is 0 Å². The molecular formula is C14H21IN2. The van der Waals surface area contributed by atoms with Crippen LogP contribution in [0.2, 0.25) is 0 Å². The third-order valence-corrected chi connectivity index (χ3v) is 4.76. The second-order valence-electron chi connectivity index (χ2n) is 5.13. The summed E-state index contributed by atoms with van der Waals surface area (Å²) in [5.74, 6) is 0.695. The summed E-state index contributed by atoms with van der Waals surface area (Å²) in [6.07, 6.45) is 0. The quantitative estimate of drug-likeness (QED) is 0.830. The Hall–Kier alpha value is -0.290. The predicted octanol–water partition coefficient (Wildman–Crippen LogP) is 3.03. The summed E-state index contributed by atoms with van der Waals surface area (Å²) >= 11 is 2.42. The summed E-state index contributed by atoms with van der Waals surface area (Å²) < 4.78 is 1.36. The van der Waals surface area contributed by atoms with Crippen molar-refractivity contribution >= 4 is 28.3 Å². The lowest BCUT2D eigenvalue weighted by Crippen LogP contribution is -2.53. The molecule has 2 rings (SSSR count). The summed E-state index contributed by atoms with van der Waals surface area (Å²) in [6.45, 7) is 10.1. The highest BCUT2D eigenvalue weighted by Crippen LogP contribution is 2.25. The largest absolute Gasteiger partial charge is 0.368 e. The van der Waals surface area contributed by atoms with Crippen molar-refractivity contribution in [1.29, 1.82) is 0 Å². The highest BCUT2D eigenvalue weighted by Gasteiger charge is 2.22. The molecule has 0 saturated carbocycles. The number of rotatable bonds is 2. The molecule has 0 aliphatic carbocycles. The van der Waals surface area contributed by atoms with Gasteiger partial charge in [0.2, 0.25) is 0 Å². The highest BCUT2D eigenvalue weighted by atomic mass is 127. The van der Waals surface area contributed by atoms with Crippen LogP contribution < -0.4 is 10.2 Å². The third-order valence-electron chi connectivity index (χ3n) is 3.59. The number of hydrogen-bond acceptors (Lipinski definition) is 2. The zero-order valence-corrected chi connectivity index (χ0v) is 13.0. The molecule has 0 radical (unpaired) electrons. The van der Waals surface area contributed by atoms with Gasteiger partial charge in [-0.3, -0.25) is 0 Å². The Kier molecular flexibility index (Phi) is 4.31. The first-order chi connectivity index (χ1) is 8.09. The first-order valence-electron chi connectivity index (χ1n) is 6.33. The van der Waals surface area contributed by atoms with Gasteiger partial charge < -0.3 is 10.2 Å². The molecule has 1 heterocycles. The Balaban J connectivity index is 2.19. The van der Waals surface area contributed by atoms with E-state index in [2.05, 4.69) is 71.8 Å². The highest BCUT2D eigenvalue weighted by molar-refractivity contribution is 14.1. The van der Waals surface area contributed by atoms with E-state index in [1.807, 2.05) is 0 Å². The lowest BCUT2D eigenvalue weighted by Gasteiger charge is -2.38. The number of piperazine rings is 1. The predicted molar refractivity (Wildman–Crippen MR) is 82.7 cm³/mol. The van der Waals surface area contributed by atoms with E-state index in [4.69, 9.17) is 0 Å². The standard InChI is InChI=1S/C14H21IN2/c1-10(2)13-9-17(8-7-16-13)14-6-4-5-12(15)11(14)3/h4-6,10,13,16H,7-9H2,1-3H3. The third kappa shape index (κ3) is 2.94. The van der Waals surface area contributed by atoms with Crippen LogP contribution in [0.1, 0.15) is 19.4 Å². The van der Waals surface area contributed by atoms with Gasteiger partial charge in [0.15, 0.2) is 0 Å². The molecule has 0 aromatic heterocycles. The fraction of sp³-hybridized carbons (Fsp3) is 0.571. The van der Waals surface area contributed by atoms with E-state index in [-0.39, 0.29) is 0 Å². The van der Waals surface area contributed by atoms with Crippen LogP contribution in [0.15, 0.2) is 18.2 Å². The summed E-state index contributed by atoms with van der Waals surface area (Å²) in [5.41, 5.74) is 2.82. The summed E-state index contributed by atoms with van der Waals surface area (Å²) in [7, 11) is 0. The number of nitrogens with zero attached hydrogens (tertiary/aromatic N) is 1. The van der Waals surface area contributed by atoms with E-state index in [9.17, 15) is 0 Å². The van der Waals surface area contributed by atoms with E-state index in [1.165, 1.54) is 14.8 Å². The van der Waals surface area contributed by atoms with Gasteiger partial charge in [-0.25, -0.2) is 0 Å². The molecule has 17 heavy (non-hydrogen) atoms. The first kappa shape index (κ1) is 13.1. The first-order valence-corrected chi connectivity index (χ1v) is 7.41. The minimum Gasteiger partial charge on any atom is -0.368 e. The molecular weight excluding hydrogens is 323 g/mol. The molecule has 1 unspecified atom stereocenters. The van der Waals surface area contributed by atoms with Gasteiger partial charge >= 0.3 is 0 Å². The fourth-order valence-corrected chi connectivity index (χ4v) is 2.87. The Morgan fingerprint density at radius 2 is 2.18 bits per heavy atom. The lowest BCUT2D eigenvalue weighted by molar-refractivity contribution is 0.368. The summed E-state index contributed by atoms with van der Waals surface area (Å²) in [5, 5.41) is 3.61. The topological polar surface area (TPSA) is 15.3 Å². The van der Waals surface area contributed by atoms with Gasteiger partial charge in [-0.1, -0.05) is 19.9 Å². The van der Waals surface area contributed by atoms with Gasteiger partial charge in [-0.2, -0.15) is 0 Å². The van der Waals surface area contributed by atoms with E-state index in [1.54, 1.807) is 0 Å². The summed E-state index contributed by atoms with van der Waals surface area (Å²) in [4.78, 5) is 2.53. The van der Waals surface area contributed by atoms with Crippen LogP contribution in [-0.2, 0) is 0 Å². The number of benzene rings is 1. The van der Waals surface area contributed by atoms with Crippen LogP contribution >= 0.6 is 22.6 Å². The molecule has 1 aliphatic rings. The molecule has 94 valence electrons. The number of anilines is 1. The van der Waals surface area contributed by atoms with Crippen molar-refractivity contribution in [3.63, 3.8) is 0 Å². The van der Waals surface area contributed by atoms with Gasteiger partial charge in [0, 0.05) is 34.9 Å². The van der Waals surface area contributed by atoms with Crippen molar-refractivity contribution in [2.24, 2.45) is 5.92 Å². The summed E-state index contributed by atoms with van der Waals surface area (Å²) in [6, 6.07) is 7.21. The van der Waals surface area contributed by atoms with Crippen LogP contribution in [0.25, 0.3) is 0 Å².